The Morgan fingerprint density at radius 1 is 0.929 bits per heavy atom. The molecule has 0 N–H and O–H groups in total. The molecule has 0 atom stereocenters. The first kappa shape index (κ1) is 11.4. The second-order valence-corrected chi connectivity index (χ2v) is 5.47. The zero-order valence-corrected chi connectivity index (χ0v) is 9.17. The van der Waals surface area contributed by atoms with Gasteiger partial charge in [0.1, 0.15) is 0 Å². The van der Waals surface area contributed by atoms with E-state index in [0.717, 1.165) is 17.7 Å². The third-order valence-corrected chi connectivity index (χ3v) is 2.79. The lowest BCUT2D eigenvalue weighted by Crippen LogP contribution is -2.10. The van der Waals surface area contributed by atoms with Crippen molar-refractivity contribution in [3.05, 3.63) is 29.8 Å². The van der Waals surface area contributed by atoms with Crippen LogP contribution in [0.15, 0.2) is 29.2 Å². The van der Waals surface area contributed by atoms with Gasteiger partial charge in [-0.2, -0.15) is 0 Å². The molecule has 14 heavy (non-hydrogen) atoms. The first-order valence-electron chi connectivity index (χ1n) is 4.24. The maximum Gasteiger partial charge on any atom is 0.237 e. The smallest absolute Gasteiger partial charge is 0.120 e. The molecular weight excluding hydrogens is 209 g/mol. The summed E-state index contributed by atoms with van der Waals surface area (Å²) in [7, 11) is 0. The summed E-state index contributed by atoms with van der Waals surface area (Å²) >= 11 is -5.07. The van der Waals surface area contributed by atoms with E-state index in [1.165, 1.54) is 0 Å². The van der Waals surface area contributed by atoms with Gasteiger partial charge in [-0.25, -0.2) is 0 Å². The van der Waals surface area contributed by atoms with Crippen LogP contribution in [0.25, 0.3) is 0 Å². The number of rotatable bonds is 1. The molecule has 1 rings (SSSR count). The highest BCUT2D eigenvalue weighted by Gasteiger charge is 2.24. The molecule has 0 radical (unpaired) electrons. The summed E-state index contributed by atoms with van der Waals surface area (Å²) in [6.45, 7) is 5.92. The zero-order chi connectivity index (χ0) is 11.0. The fraction of sp³-hybridized carbons (Fsp3) is 0.400. The topological polar surface area (TPSA) is 0 Å². The van der Waals surface area contributed by atoms with E-state index in [0.29, 0.717) is 0 Å². The first-order valence-corrected chi connectivity index (χ1v) is 5.57. The van der Waals surface area contributed by atoms with Crippen molar-refractivity contribution in [2.24, 2.45) is 0 Å². The summed E-state index contributed by atoms with van der Waals surface area (Å²) < 4.78 is 36.9. The van der Waals surface area contributed by atoms with Crippen LogP contribution in [0.3, 0.4) is 0 Å². The summed E-state index contributed by atoms with van der Waals surface area (Å²) in [5, 5.41) is 0. The van der Waals surface area contributed by atoms with Crippen LogP contribution < -0.4 is 0 Å². The van der Waals surface area contributed by atoms with E-state index in [4.69, 9.17) is 0 Å². The monoisotopic (exact) mass is 222 g/mol. The van der Waals surface area contributed by atoms with E-state index in [1.807, 2.05) is 20.8 Å². The quantitative estimate of drug-likeness (QED) is 0.640. The normalized spacial score (nSPS) is 14.1. The fourth-order valence-electron chi connectivity index (χ4n) is 1.11. The molecule has 1 aromatic rings. The molecule has 4 heteroatoms. The molecule has 0 amide bonds. The Morgan fingerprint density at radius 2 is 1.36 bits per heavy atom. The lowest BCUT2D eigenvalue weighted by atomic mass is 9.87. The molecule has 0 fully saturated rings. The molecule has 0 nitrogen and oxygen atoms in total. The van der Waals surface area contributed by atoms with Crippen LogP contribution in [-0.4, -0.2) is 0 Å². The summed E-state index contributed by atoms with van der Waals surface area (Å²) in [5.74, 6) is 0. The van der Waals surface area contributed by atoms with E-state index in [9.17, 15) is 11.7 Å². The standard InChI is InChI=1S/C10H13F3S/c1-10(2,3)8-4-6-9(7-5-8)14(11,12)13/h4-7H,1-3H3. The largest absolute Gasteiger partial charge is 0.237 e. The van der Waals surface area contributed by atoms with Gasteiger partial charge in [0.15, 0.2) is 0 Å². The minimum atomic E-state index is -5.07. The van der Waals surface area contributed by atoms with Gasteiger partial charge in [0.25, 0.3) is 0 Å². The van der Waals surface area contributed by atoms with Crippen molar-refractivity contribution in [2.45, 2.75) is 31.1 Å². The molecule has 0 spiro atoms. The van der Waals surface area contributed by atoms with Crippen LogP contribution in [0.5, 0.6) is 0 Å². The summed E-state index contributed by atoms with van der Waals surface area (Å²) in [4.78, 5) is -0.509. The van der Waals surface area contributed by atoms with Gasteiger partial charge in [-0.3, -0.25) is 0 Å². The zero-order valence-electron chi connectivity index (χ0n) is 8.35. The van der Waals surface area contributed by atoms with Crippen molar-refractivity contribution in [3.8, 4) is 0 Å². The highest BCUT2D eigenvalue weighted by molar-refractivity contribution is 8.20. The third-order valence-electron chi connectivity index (χ3n) is 1.99. The van der Waals surface area contributed by atoms with E-state index in [1.54, 1.807) is 12.1 Å². The minimum absolute atomic E-state index is 0.0978. The van der Waals surface area contributed by atoms with Gasteiger partial charge in [-0.05, 0) is 23.1 Å². The van der Waals surface area contributed by atoms with Gasteiger partial charge in [0, 0.05) is 0 Å². The first-order chi connectivity index (χ1) is 6.21. The van der Waals surface area contributed by atoms with Crippen molar-refractivity contribution in [1.82, 2.24) is 0 Å². The van der Waals surface area contributed by atoms with Crippen molar-refractivity contribution >= 4 is 11.2 Å². The van der Waals surface area contributed by atoms with Crippen LogP contribution >= 0.6 is 11.2 Å². The van der Waals surface area contributed by atoms with Crippen LogP contribution in [-0.2, 0) is 5.41 Å². The molecule has 0 aromatic heterocycles. The van der Waals surface area contributed by atoms with E-state index in [-0.39, 0.29) is 5.41 Å². The molecule has 0 aliphatic rings. The second-order valence-electron chi connectivity index (χ2n) is 4.18. The van der Waals surface area contributed by atoms with Gasteiger partial charge in [0.2, 0.25) is 11.2 Å². The molecule has 0 unspecified atom stereocenters. The fourth-order valence-corrected chi connectivity index (χ4v) is 1.55. The number of benzene rings is 1. The third kappa shape index (κ3) is 2.67. The van der Waals surface area contributed by atoms with E-state index < -0.39 is 16.1 Å². The van der Waals surface area contributed by atoms with Gasteiger partial charge < -0.3 is 0 Å². The Bertz CT molecular complexity index is 273. The maximum atomic E-state index is 12.3. The van der Waals surface area contributed by atoms with Gasteiger partial charge in [0.05, 0.1) is 4.90 Å². The number of hydrogen-bond acceptors (Lipinski definition) is 0. The van der Waals surface area contributed by atoms with Crippen LogP contribution in [0, 0.1) is 0 Å². The lowest BCUT2D eigenvalue weighted by Gasteiger charge is -2.19. The SMILES string of the molecule is CC(C)(C)c1ccc(S(F)(F)F)cc1. The molecule has 0 bridgehead atoms. The molecule has 0 aliphatic heterocycles. The molecule has 80 valence electrons. The molecule has 0 saturated carbocycles. The summed E-state index contributed by atoms with van der Waals surface area (Å²) in [5.41, 5.74) is 0.823. The van der Waals surface area contributed by atoms with E-state index in [2.05, 4.69) is 0 Å². The summed E-state index contributed by atoms with van der Waals surface area (Å²) in [6, 6.07) is 5.43. The Labute approximate surface area is 84.3 Å². The average Bonchev–Trinajstić information content (AvgIpc) is 2.01. The molecule has 0 saturated heterocycles. The minimum Gasteiger partial charge on any atom is -0.120 e. The van der Waals surface area contributed by atoms with Crippen LogP contribution in [0.4, 0.5) is 11.7 Å². The second kappa shape index (κ2) is 3.50. The number of halogens is 3. The van der Waals surface area contributed by atoms with Crippen LogP contribution in [0.1, 0.15) is 26.3 Å². The molecule has 0 heterocycles. The van der Waals surface area contributed by atoms with Gasteiger partial charge >= 0.3 is 0 Å². The Kier molecular flexibility index (Phi) is 2.86. The summed E-state index contributed by atoms with van der Waals surface area (Å²) in [6.07, 6.45) is 0. The van der Waals surface area contributed by atoms with Gasteiger partial charge in [-0.1, -0.05) is 32.9 Å². The molecule has 1 aromatic carbocycles. The number of hydrogen-bond donors (Lipinski definition) is 0. The predicted octanol–water partition coefficient (Wildman–Crippen LogP) is 4.80. The Morgan fingerprint density at radius 3 is 1.64 bits per heavy atom. The predicted molar refractivity (Wildman–Crippen MR) is 54.3 cm³/mol. The van der Waals surface area contributed by atoms with Crippen LogP contribution in [0.2, 0.25) is 0 Å². The Hall–Kier alpha value is -0.640. The maximum absolute atomic E-state index is 12.3. The van der Waals surface area contributed by atoms with Crippen molar-refractivity contribution in [2.75, 3.05) is 0 Å². The van der Waals surface area contributed by atoms with E-state index >= 15 is 0 Å². The average molecular weight is 222 g/mol. The lowest BCUT2D eigenvalue weighted by molar-refractivity contribution is 0.588. The van der Waals surface area contributed by atoms with Gasteiger partial charge in [-0.15, -0.1) is 11.7 Å². The molecular formula is C10H13F3S. The Balaban J connectivity index is 3.02. The molecule has 0 aliphatic carbocycles. The highest BCUT2D eigenvalue weighted by atomic mass is 32.3. The van der Waals surface area contributed by atoms with Crippen molar-refractivity contribution in [3.63, 3.8) is 0 Å². The van der Waals surface area contributed by atoms with Crippen molar-refractivity contribution in [1.29, 1.82) is 0 Å². The highest BCUT2D eigenvalue weighted by Crippen LogP contribution is 2.60. The van der Waals surface area contributed by atoms with Crippen molar-refractivity contribution < 1.29 is 11.7 Å².